The summed E-state index contributed by atoms with van der Waals surface area (Å²) in [7, 11) is 0. The molecular formula is C13H15Cl2N3O. The number of benzene rings is 1. The monoisotopic (exact) mass is 299 g/mol. The van der Waals surface area contributed by atoms with Gasteiger partial charge in [-0.2, -0.15) is 0 Å². The fourth-order valence-electron chi connectivity index (χ4n) is 2.04. The van der Waals surface area contributed by atoms with Crippen molar-refractivity contribution >= 4 is 29.0 Å². The van der Waals surface area contributed by atoms with E-state index in [9.17, 15) is 0 Å². The molecule has 0 aromatic heterocycles. The van der Waals surface area contributed by atoms with Crippen molar-refractivity contribution in [3.8, 4) is 5.75 Å². The van der Waals surface area contributed by atoms with E-state index in [1.165, 1.54) is 0 Å². The molecule has 1 aliphatic heterocycles. The van der Waals surface area contributed by atoms with E-state index in [0.29, 0.717) is 22.4 Å². The second-order valence-electron chi connectivity index (χ2n) is 4.15. The van der Waals surface area contributed by atoms with Crippen molar-refractivity contribution in [1.29, 1.82) is 0 Å². The highest BCUT2D eigenvalue weighted by atomic mass is 35.5. The lowest BCUT2D eigenvalue weighted by atomic mass is 10.0. The smallest absolute Gasteiger partial charge is 0.126 e. The molecular weight excluding hydrogens is 285 g/mol. The van der Waals surface area contributed by atoms with Gasteiger partial charge < -0.3 is 10.2 Å². The quantitative estimate of drug-likeness (QED) is 0.510. The van der Waals surface area contributed by atoms with Crippen LogP contribution in [0.4, 0.5) is 0 Å². The molecule has 1 atom stereocenters. The van der Waals surface area contributed by atoms with Gasteiger partial charge in [-0.05, 0) is 18.6 Å². The average Bonchev–Trinajstić information content (AvgIpc) is 2.88. The summed E-state index contributed by atoms with van der Waals surface area (Å²) in [6, 6.07) is 3.43. The topological polar surface area (TPSA) is 59.6 Å². The number of rotatable bonds is 4. The zero-order valence-corrected chi connectivity index (χ0v) is 11.8. The lowest BCUT2D eigenvalue weighted by Crippen LogP contribution is -2.28. The lowest BCUT2D eigenvalue weighted by molar-refractivity contribution is 0.356. The van der Waals surface area contributed by atoms with E-state index in [-0.39, 0.29) is 6.04 Å². The van der Waals surface area contributed by atoms with E-state index in [1.807, 2.05) is 0 Å². The molecule has 2 rings (SSSR count). The van der Waals surface area contributed by atoms with Crippen LogP contribution in [0.1, 0.15) is 24.4 Å². The van der Waals surface area contributed by atoms with Gasteiger partial charge in [0.15, 0.2) is 0 Å². The Morgan fingerprint density at radius 3 is 2.95 bits per heavy atom. The first-order chi connectivity index (χ1) is 9.17. The molecule has 1 aromatic carbocycles. The first-order valence-corrected chi connectivity index (χ1v) is 6.67. The summed E-state index contributed by atoms with van der Waals surface area (Å²) in [6.45, 7) is 4.04. The second-order valence-corrected chi connectivity index (χ2v) is 4.93. The molecule has 1 unspecified atom stereocenters. The Bertz CT molecular complexity index is 517. The van der Waals surface area contributed by atoms with Crippen molar-refractivity contribution in [2.75, 3.05) is 6.61 Å². The Kier molecular flexibility index (Phi) is 4.69. The largest absolute Gasteiger partial charge is 0.489 e. The second kappa shape index (κ2) is 6.28. The number of hydrogen-bond donors (Lipinski definition) is 2. The Balaban J connectivity index is 2.39. The Labute approximate surface area is 122 Å². The van der Waals surface area contributed by atoms with E-state index in [1.54, 1.807) is 18.2 Å². The molecule has 0 aliphatic carbocycles. The highest BCUT2D eigenvalue weighted by molar-refractivity contribution is 6.42. The maximum absolute atomic E-state index is 6.29. The number of halogens is 2. The first kappa shape index (κ1) is 14.2. The van der Waals surface area contributed by atoms with Crippen LogP contribution in [-0.4, -0.2) is 12.4 Å². The Morgan fingerprint density at radius 2 is 2.32 bits per heavy atom. The molecule has 0 radical (unpaired) electrons. The van der Waals surface area contributed by atoms with Crippen LogP contribution >= 0.6 is 23.2 Å². The van der Waals surface area contributed by atoms with Gasteiger partial charge in [0.1, 0.15) is 18.2 Å². The number of nitrogens with zero attached hydrogens (tertiary/aromatic N) is 1. The molecule has 0 fully saturated rings. The van der Waals surface area contributed by atoms with Crippen molar-refractivity contribution < 1.29 is 4.74 Å². The van der Waals surface area contributed by atoms with Crippen LogP contribution in [0.25, 0.3) is 0 Å². The molecule has 1 heterocycles. The normalized spacial score (nSPS) is 18.1. The van der Waals surface area contributed by atoms with Crippen molar-refractivity contribution in [1.82, 2.24) is 5.43 Å². The highest BCUT2D eigenvalue weighted by Gasteiger charge is 2.25. The summed E-state index contributed by atoms with van der Waals surface area (Å²) in [6.07, 6.45) is 3.28. The number of hydrogen-bond acceptors (Lipinski definition) is 4. The number of ether oxygens (including phenoxy) is 1. The number of hydrazine groups is 1. The standard InChI is InChI=1S/C13H15Cl2N3O/c1-2-7-19-10-5-3-8(14)13(15)12(10)9-4-6-11(17-9)18-16/h2-3,5,9H,1,4,6-7,16H2,(H,17,18). The van der Waals surface area contributed by atoms with Crippen molar-refractivity contribution in [3.05, 3.63) is 40.4 Å². The van der Waals surface area contributed by atoms with Gasteiger partial charge in [-0.25, -0.2) is 5.84 Å². The summed E-state index contributed by atoms with van der Waals surface area (Å²) in [5, 5.41) is 0.974. The molecule has 0 saturated heterocycles. The van der Waals surface area contributed by atoms with Gasteiger partial charge in [0.05, 0.1) is 16.1 Å². The minimum absolute atomic E-state index is 0.0861. The average molecular weight is 300 g/mol. The van der Waals surface area contributed by atoms with Crippen LogP contribution in [0, 0.1) is 0 Å². The first-order valence-electron chi connectivity index (χ1n) is 5.92. The molecule has 1 aliphatic rings. The number of aliphatic imine (C=N–C) groups is 1. The van der Waals surface area contributed by atoms with Gasteiger partial charge >= 0.3 is 0 Å². The molecule has 3 N–H and O–H groups in total. The Hall–Kier alpha value is -1.23. The summed E-state index contributed by atoms with van der Waals surface area (Å²) >= 11 is 12.4. The summed E-state index contributed by atoms with van der Waals surface area (Å²) in [4.78, 5) is 4.48. The molecule has 4 nitrogen and oxygen atoms in total. The van der Waals surface area contributed by atoms with Gasteiger partial charge in [0.2, 0.25) is 0 Å². The molecule has 19 heavy (non-hydrogen) atoms. The van der Waals surface area contributed by atoms with Crippen LogP contribution in [0.5, 0.6) is 5.75 Å². The van der Waals surface area contributed by atoms with E-state index in [0.717, 1.165) is 24.2 Å². The van der Waals surface area contributed by atoms with Crippen molar-refractivity contribution in [2.24, 2.45) is 10.8 Å². The van der Waals surface area contributed by atoms with Crippen LogP contribution in [0.15, 0.2) is 29.8 Å². The number of nitrogens with two attached hydrogens (primary N) is 1. The molecule has 6 heteroatoms. The minimum atomic E-state index is -0.0861. The molecule has 102 valence electrons. The molecule has 0 bridgehead atoms. The maximum atomic E-state index is 6.29. The molecule has 0 spiro atoms. The summed E-state index contributed by atoms with van der Waals surface area (Å²) < 4.78 is 5.62. The van der Waals surface area contributed by atoms with Gasteiger partial charge in [-0.15, -0.1) is 0 Å². The minimum Gasteiger partial charge on any atom is -0.489 e. The molecule has 0 amide bonds. The van der Waals surface area contributed by atoms with Crippen molar-refractivity contribution in [2.45, 2.75) is 18.9 Å². The van der Waals surface area contributed by atoms with Crippen LogP contribution in [0.3, 0.4) is 0 Å². The fourth-order valence-corrected chi connectivity index (χ4v) is 2.49. The number of amidine groups is 1. The SMILES string of the molecule is C=CCOc1ccc(Cl)c(Cl)c1C1CCC(NN)=N1. The zero-order chi connectivity index (χ0) is 13.8. The van der Waals surface area contributed by atoms with Crippen LogP contribution in [-0.2, 0) is 0 Å². The number of nitrogens with one attached hydrogen (secondary N) is 1. The van der Waals surface area contributed by atoms with E-state index >= 15 is 0 Å². The third-order valence-corrected chi connectivity index (χ3v) is 3.73. The van der Waals surface area contributed by atoms with Gasteiger partial charge in [-0.3, -0.25) is 4.99 Å². The summed E-state index contributed by atoms with van der Waals surface area (Å²) in [5.74, 6) is 6.82. The third kappa shape index (κ3) is 3.03. The van der Waals surface area contributed by atoms with Crippen molar-refractivity contribution in [3.63, 3.8) is 0 Å². The van der Waals surface area contributed by atoms with Crippen LogP contribution < -0.4 is 16.0 Å². The Morgan fingerprint density at radius 1 is 1.53 bits per heavy atom. The van der Waals surface area contributed by atoms with E-state index in [2.05, 4.69) is 17.0 Å². The third-order valence-electron chi connectivity index (χ3n) is 2.92. The van der Waals surface area contributed by atoms with E-state index in [4.69, 9.17) is 33.8 Å². The van der Waals surface area contributed by atoms with E-state index < -0.39 is 0 Å². The zero-order valence-electron chi connectivity index (χ0n) is 10.3. The van der Waals surface area contributed by atoms with Gasteiger partial charge in [-0.1, -0.05) is 35.9 Å². The van der Waals surface area contributed by atoms with Crippen LogP contribution in [0.2, 0.25) is 10.0 Å². The fraction of sp³-hybridized carbons (Fsp3) is 0.308. The molecule has 1 aromatic rings. The lowest BCUT2D eigenvalue weighted by Gasteiger charge is -2.16. The highest BCUT2D eigenvalue weighted by Crippen LogP contribution is 2.42. The molecule has 0 saturated carbocycles. The predicted molar refractivity (Wildman–Crippen MR) is 78.9 cm³/mol. The van der Waals surface area contributed by atoms with Gasteiger partial charge in [0.25, 0.3) is 0 Å². The summed E-state index contributed by atoms with van der Waals surface area (Å²) in [5.41, 5.74) is 3.38. The maximum Gasteiger partial charge on any atom is 0.126 e. The predicted octanol–water partition coefficient (Wildman–Crippen LogP) is 3.25. The van der Waals surface area contributed by atoms with Gasteiger partial charge in [0, 0.05) is 12.0 Å².